The van der Waals surface area contributed by atoms with Gasteiger partial charge in [-0.15, -0.1) is 0 Å². The molecule has 2 aromatic heterocycles. The molecule has 0 fully saturated rings. The summed E-state index contributed by atoms with van der Waals surface area (Å²) in [6.45, 7) is 1.81. The van der Waals surface area contributed by atoms with E-state index in [0.29, 0.717) is 20.9 Å². The summed E-state index contributed by atoms with van der Waals surface area (Å²) < 4.78 is 0. The van der Waals surface area contributed by atoms with Gasteiger partial charge in [0, 0.05) is 5.69 Å². The minimum atomic E-state index is -0.173. The van der Waals surface area contributed by atoms with Crippen LogP contribution >= 0.6 is 22.9 Å². The predicted molar refractivity (Wildman–Crippen MR) is 93.8 cm³/mol. The number of nitrogens with one attached hydrogen (secondary N) is 2. The SMILES string of the molecule is Cc1nc(Nc2ccc(Cl)nc2)sc1C(=O)Nc1ccccc1. The first kappa shape index (κ1) is 15.5. The quantitative estimate of drug-likeness (QED) is 0.684. The zero-order chi connectivity index (χ0) is 16.2. The van der Waals surface area contributed by atoms with Gasteiger partial charge < -0.3 is 10.6 Å². The van der Waals surface area contributed by atoms with Crippen molar-refractivity contribution in [3.8, 4) is 0 Å². The average molecular weight is 345 g/mol. The lowest BCUT2D eigenvalue weighted by molar-refractivity contribution is 0.103. The third-order valence-corrected chi connectivity index (χ3v) is 4.31. The van der Waals surface area contributed by atoms with Crippen LogP contribution in [0.15, 0.2) is 48.7 Å². The van der Waals surface area contributed by atoms with Crippen molar-refractivity contribution in [3.63, 3.8) is 0 Å². The van der Waals surface area contributed by atoms with Crippen LogP contribution in [0.25, 0.3) is 0 Å². The molecule has 0 saturated carbocycles. The number of carbonyl (C=O) groups is 1. The van der Waals surface area contributed by atoms with Gasteiger partial charge in [0.25, 0.3) is 5.91 Å². The maximum absolute atomic E-state index is 12.3. The molecule has 2 N–H and O–H groups in total. The van der Waals surface area contributed by atoms with Crippen molar-refractivity contribution >= 4 is 45.4 Å². The number of amides is 1. The highest BCUT2D eigenvalue weighted by Gasteiger charge is 2.15. The normalized spacial score (nSPS) is 10.3. The molecule has 3 aromatic rings. The van der Waals surface area contributed by atoms with Gasteiger partial charge in [-0.25, -0.2) is 9.97 Å². The molecule has 0 bridgehead atoms. The van der Waals surface area contributed by atoms with Crippen LogP contribution in [-0.4, -0.2) is 15.9 Å². The maximum Gasteiger partial charge on any atom is 0.267 e. The van der Waals surface area contributed by atoms with E-state index in [1.54, 1.807) is 18.3 Å². The Hall–Kier alpha value is -2.44. The van der Waals surface area contributed by atoms with Gasteiger partial charge in [0.2, 0.25) is 0 Å². The molecular weight excluding hydrogens is 332 g/mol. The van der Waals surface area contributed by atoms with Crippen LogP contribution in [0.5, 0.6) is 0 Å². The topological polar surface area (TPSA) is 66.9 Å². The zero-order valence-electron chi connectivity index (χ0n) is 12.2. The highest BCUT2D eigenvalue weighted by molar-refractivity contribution is 7.17. The molecule has 0 atom stereocenters. The van der Waals surface area contributed by atoms with E-state index >= 15 is 0 Å². The second-order valence-electron chi connectivity index (χ2n) is 4.75. The van der Waals surface area contributed by atoms with E-state index in [1.165, 1.54) is 11.3 Å². The van der Waals surface area contributed by atoms with Crippen LogP contribution in [-0.2, 0) is 0 Å². The molecule has 1 aromatic carbocycles. The number of hydrogen-bond donors (Lipinski definition) is 2. The minimum absolute atomic E-state index is 0.173. The lowest BCUT2D eigenvalue weighted by Crippen LogP contribution is -2.11. The van der Waals surface area contributed by atoms with E-state index in [9.17, 15) is 4.79 Å². The maximum atomic E-state index is 12.3. The van der Waals surface area contributed by atoms with Gasteiger partial charge in [0.15, 0.2) is 5.13 Å². The molecule has 1 amide bonds. The number of hydrogen-bond acceptors (Lipinski definition) is 5. The molecule has 0 radical (unpaired) electrons. The number of thiazole rings is 1. The molecule has 2 heterocycles. The Morgan fingerprint density at radius 1 is 1.13 bits per heavy atom. The summed E-state index contributed by atoms with van der Waals surface area (Å²) in [7, 11) is 0. The molecule has 23 heavy (non-hydrogen) atoms. The molecule has 0 aliphatic heterocycles. The van der Waals surface area contributed by atoms with E-state index in [-0.39, 0.29) is 5.91 Å². The van der Waals surface area contributed by atoms with Gasteiger partial charge in [-0.1, -0.05) is 41.1 Å². The minimum Gasteiger partial charge on any atom is -0.330 e. The Morgan fingerprint density at radius 3 is 2.61 bits per heavy atom. The lowest BCUT2D eigenvalue weighted by atomic mass is 10.3. The molecular formula is C16H13ClN4OS. The highest BCUT2D eigenvalue weighted by Crippen LogP contribution is 2.26. The molecule has 7 heteroatoms. The fourth-order valence-corrected chi connectivity index (χ4v) is 2.94. The number of benzene rings is 1. The Morgan fingerprint density at radius 2 is 1.91 bits per heavy atom. The largest absolute Gasteiger partial charge is 0.330 e. The van der Waals surface area contributed by atoms with Gasteiger partial charge in [-0.3, -0.25) is 4.79 Å². The van der Waals surface area contributed by atoms with Crippen molar-refractivity contribution in [1.29, 1.82) is 0 Å². The number of rotatable bonds is 4. The third-order valence-electron chi connectivity index (χ3n) is 3.01. The highest BCUT2D eigenvalue weighted by atomic mass is 35.5. The van der Waals surface area contributed by atoms with Crippen molar-refractivity contribution in [2.24, 2.45) is 0 Å². The molecule has 0 aliphatic carbocycles. The first-order chi connectivity index (χ1) is 11.1. The number of aryl methyl sites for hydroxylation is 1. The Bertz CT molecular complexity index is 818. The fourth-order valence-electron chi connectivity index (χ4n) is 1.94. The number of nitrogens with zero attached hydrogens (tertiary/aromatic N) is 2. The zero-order valence-corrected chi connectivity index (χ0v) is 13.8. The molecule has 0 aliphatic rings. The van der Waals surface area contributed by atoms with Crippen LogP contribution in [0.3, 0.4) is 0 Å². The number of aromatic nitrogens is 2. The van der Waals surface area contributed by atoms with Gasteiger partial charge in [-0.2, -0.15) is 0 Å². The summed E-state index contributed by atoms with van der Waals surface area (Å²) in [6.07, 6.45) is 1.61. The molecule has 5 nitrogen and oxygen atoms in total. The summed E-state index contributed by atoms with van der Waals surface area (Å²) >= 11 is 7.05. The monoisotopic (exact) mass is 344 g/mol. The number of para-hydroxylation sites is 1. The smallest absolute Gasteiger partial charge is 0.267 e. The van der Waals surface area contributed by atoms with E-state index in [2.05, 4.69) is 20.6 Å². The van der Waals surface area contributed by atoms with Crippen molar-refractivity contribution in [3.05, 3.63) is 64.4 Å². The van der Waals surface area contributed by atoms with Crippen molar-refractivity contribution < 1.29 is 4.79 Å². The number of halogens is 1. The van der Waals surface area contributed by atoms with E-state index in [1.807, 2.05) is 37.3 Å². The summed E-state index contributed by atoms with van der Waals surface area (Å²) in [5, 5.41) is 7.03. The van der Waals surface area contributed by atoms with Crippen LogP contribution in [0.4, 0.5) is 16.5 Å². The Balaban J connectivity index is 1.75. The van der Waals surface area contributed by atoms with Crippen molar-refractivity contribution in [2.75, 3.05) is 10.6 Å². The fraction of sp³-hybridized carbons (Fsp3) is 0.0625. The number of carbonyl (C=O) groups excluding carboxylic acids is 1. The molecule has 0 saturated heterocycles. The summed E-state index contributed by atoms with van der Waals surface area (Å²) in [4.78, 5) is 21.3. The molecule has 116 valence electrons. The summed E-state index contributed by atoms with van der Waals surface area (Å²) in [5.74, 6) is -0.173. The van der Waals surface area contributed by atoms with Crippen LogP contribution in [0.2, 0.25) is 5.15 Å². The third kappa shape index (κ3) is 3.85. The van der Waals surface area contributed by atoms with Crippen LogP contribution in [0.1, 0.15) is 15.4 Å². The van der Waals surface area contributed by atoms with Gasteiger partial charge >= 0.3 is 0 Å². The van der Waals surface area contributed by atoms with Crippen molar-refractivity contribution in [2.45, 2.75) is 6.92 Å². The van der Waals surface area contributed by atoms with Gasteiger partial charge in [-0.05, 0) is 31.2 Å². The molecule has 0 spiro atoms. The van der Waals surface area contributed by atoms with Crippen molar-refractivity contribution in [1.82, 2.24) is 9.97 Å². The molecule has 0 unspecified atom stereocenters. The predicted octanol–water partition coefficient (Wildman–Crippen LogP) is 4.50. The van der Waals surface area contributed by atoms with E-state index < -0.39 is 0 Å². The Kier molecular flexibility index (Phi) is 4.55. The first-order valence-electron chi connectivity index (χ1n) is 6.84. The average Bonchev–Trinajstić information content (AvgIpc) is 2.91. The Labute approximate surface area is 142 Å². The van der Waals surface area contributed by atoms with Gasteiger partial charge in [0.1, 0.15) is 10.0 Å². The van der Waals surface area contributed by atoms with E-state index in [4.69, 9.17) is 11.6 Å². The summed E-state index contributed by atoms with van der Waals surface area (Å²) in [5.41, 5.74) is 2.19. The van der Waals surface area contributed by atoms with Crippen LogP contribution < -0.4 is 10.6 Å². The standard InChI is InChI=1S/C16H13ClN4OS/c1-10-14(15(22)20-11-5-3-2-4-6-11)23-16(19-10)21-12-7-8-13(17)18-9-12/h2-9H,1H3,(H,19,21)(H,20,22). The number of pyridine rings is 1. The van der Waals surface area contributed by atoms with E-state index in [0.717, 1.165) is 11.4 Å². The number of anilines is 3. The second-order valence-corrected chi connectivity index (χ2v) is 6.13. The lowest BCUT2D eigenvalue weighted by Gasteiger charge is -2.03. The van der Waals surface area contributed by atoms with Crippen LogP contribution in [0, 0.1) is 6.92 Å². The first-order valence-corrected chi connectivity index (χ1v) is 8.03. The molecule has 3 rings (SSSR count). The summed E-state index contributed by atoms with van der Waals surface area (Å²) in [6, 6.07) is 12.8. The second kappa shape index (κ2) is 6.76. The van der Waals surface area contributed by atoms with Gasteiger partial charge in [0.05, 0.1) is 17.6 Å².